The molecular weight excluding hydrogens is 320 g/mol. The van der Waals surface area contributed by atoms with Gasteiger partial charge in [-0.1, -0.05) is 6.07 Å². The molecule has 2 aromatic rings. The van der Waals surface area contributed by atoms with Crippen LogP contribution in [0.25, 0.3) is 0 Å². The molecule has 0 bridgehead atoms. The Morgan fingerprint density at radius 3 is 2.28 bits per heavy atom. The van der Waals surface area contributed by atoms with E-state index >= 15 is 0 Å². The molecule has 2 rings (SSSR count). The van der Waals surface area contributed by atoms with Gasteiger partial charge in [-0.2, -0.15) is 5.26 Å². The van der Waals surface area contributed by atoms with Gasteiger partial charge in [0.05, 0.1) is 27.4 Å². The molecule has 0 aromatic heterocycles. The van der Waals surface area contributed by atoms with Gasteiger partial charge in [-0.25, -0.2) is 0 Å². The summed E-state index contributed by atoms with van der Waals surface area (Å²) in [5.41, 5.74) is 1.42. The van der Waals surface area contributed by atoms with Crippen molar-refractivity contribution in [1.82, 2.24) is 0 Å². The van der Waals surface area contributed by atoms with Gasteiger partial charge in [0.25, 0.3) is 0 Å². The van der Waals surface area contributed by atoms with Crippen LogP contribution >= 0.6 is 0 Å². The summed E-state index contributed by atoms with van der Waals surface area (Å²) < 4.78 is 15.5. The fourth-order valence-corrected chi connectivity index (χ4v) is 2.34. The molecule has 0 fully saturated rings. The van der Waals surface area contributed by atoms with Gasteiger partial charge in [0, 0.05) is 5.69 Å². The van der Waals surface area contributed by atoms with E-state index < -0.39 is 5.92 Å². The molecule has 130 valence electrons. The first-order valence-electron chi connectivity index (χ1n) is 7.66. The lowest BCUT2D eigenvalue weighted by Crippen LogP contribution is -2.23. The third-order valence-electron chi connectivity index (χ3n) is 3.72. The summed E-state index contributed by atoms with van der Waals surface area (Å²) in [6, 6.07) is 14.3. The number of ether oxygens (including phenoxy) is 3. The van der Waals surface area contributed by atoms with E-state index in [9.17, 15) is 10.1 Å². The number of amides is 1. The molecule has 2 aromatic carbocycles. The van der Waals surface area contributed by atoms with Crippen LogP contribution in [0.15, 0.2) is 42.5 Å². The van der Waals surface area contributed by atoms with Crippen molar-refractivity contribution in [1.29, 1.82) is 5.26 Å². The van der Waals surface area contributed by atoms with Gasteiger partial charge in [-0.3, -0.25) is 4.79 Å². The summed E-state index contributed by atoms with van der Waals surface area (Å²) in [6.07, 6.45) is 0.277. The number of benzene rings is 2. The third-order valence-corrected chi connectivity index (χ3v) is 3.72. The lowest BCUT2D eigenvalue weighted by atomic mass is 9.99. The Kier molecular flexibility index (Phi) is 6.24. The number of methoxy groups -OCH3 is 3. The van der Waals surface area contributed by atoms with E-state index in [2.05, 4.69) is 11.4 Å². The highest BCUT2D eigenvalue weighted by Crippen LogP contribution is 2.28. The van der Waals surface area contributed by atoms with Crippen LogP contribution in [-0.2, 0) is 11.2 Å². The predicted molar refractivity (Wildman–Crippen MR) is 94.0 cm³/mol. The van der Waals surface area contributed by atoms with Gasteiger partial charge in [0.15, 0.2) is 11.5 Å². The molecule has 1 N–H and O–H groups in total. The second-order valence-electron chi connectivity index (χ2n) is 5.29. The van der Waals surface area contributed by atoms with E-state index in [4.69, 9.17) is 14.2 Å². The van der Waals surface area contributed by atoms with E-state index in [1.54, 1.807) is 57.7 Å². The standard InChI is InChI=1S/C19H20N2O4/c1-23-16-7-5-15(6-8-16)21-19(22)14(12-20)10-13-4-9-17(24-2)18(11-13)25-3/h4-9,11,14H,10H2,1-3H3,(H,21,22). The van der Waals surface area contributed by atoms with Crippen LogP contribution in [0.5, 0.6) is 17.2 Å². The molecule has 0 heterocycles. The monoisotopic (exact) mass is 340 g/mol. The third kappa shape index (κ3) is 4.64. The Morgan fingerprint density at radius 1 is 1.04 bits per heavy atom. The average Bonchev–Trinajstić information content (AvgIpc) is 2.66. The van der Waals surface area contributed by atoms with Crippen molar-refractivity contribution in [3.05, 3.63) is 48.0 Å². The van der Waals surface area contributed by atoms with Crippen molar-refractivity contribution in [2.45, 2.75) is 6.42 Å². The maximum atomic E-state index is 12.4. The topological polar surface area (TPSA) is 80.6 Å². The number of nitrogens with one attached hydrogen (secondary N) is 1. The van der Waals surface area contributed by atoms with E-state index in [0.29, 0.717) is 22.9 Å². The minimum Gasteiger partial charge on any atom is -0.497 e. The smallest absolute Gasteiger partial charge is 0.242 e. The maximum Gasteiger partial charge on any atom is 0.242 e. The van der Waals surface area contributed by atoms with Gasteiger partial charge in [-0.05, 0) is 48.4 Å². The normalized spacial score (nSPS) is 11.1. The number of anilines is 1. The molecule has 6 heteroatoms. The highest BCUT2D eigenvalue weighted by molar-refractivity contribution is 5.94. The minimum atomic E-state index is -0.819. The Balaban J connectivity index is 2.08. The van der Waals surface area contributed by atoms with Gasteiger partial charge >= 0.3 is 0 Å². The zero-order chi connectivity index (χ0) is 18.2. The fourth-order valence-electron chi connectivity index (χ4n) is 2.34. The van der Waals surface area contributed by atoms with Crippen LogP contribution in [0.2, 0.25) is 0 Å². The summed E-state index contributed by atoms with van der Waals surface area (Å²) in [7, 11) is 4.67. The van der Waals surface area contributed by atoms with Crippen molar-refractivity contribution in [2.75, 3.05) is 26.6 Å². The largest absolute Gasteiger partial charge is 0.497 e. The molecule has 0 radical (unpaired) electrons. The molecule has 0 saturated heterocycles. The minimum absolute atomic E-state index is 0.277. The summed E-state index contributed by atoms with van der Waals surface area (Å²) in [6.45, 7) is 0. The summed E-state index contributed by atoms with van der Waals surface area (Å²) >= 11 is 0. The van der Waals surface area contributed by atoms with Crippen molar-refractivity contribution >= 4 is 11.6 Å². The van der Waals surface area contributed by atoms with Gasteiger partial charge < -0.3 is 19.5 Å². The van der Waals surface area contributed by atoms with Crippen LogP contribution in [0.1, 0.15) is 5.56 Å². The molecule has 0 spiro atoms. The number of carbonyl (C=O) groups is 1. The van der Waals surface area contributed by atoms with E-state index in [1.807, 2.05) is 6.07 Å². The molecule has 6 nitrogen and oxygen atoms in total. The number of nitriles is 1. The number of hydrogen-bond donors (Lipinski definition) is 1. The van der Waals surface area contributed by atoms with Gasteiger partial charge in [0.1, 0.15) is 11.7 Å². The quantitative estimate of drug-likeness (QED) is 0.838. The van der Waals surface area contributed by atoms with Gasteiger partial charge in [-0.15, -0.1) is 0 Å². The number of hydrogen-bond acceptors (Lipinski definition) is 5. The van der Waals surface area contributed by atoms with Crippen molar-refractivity contribution in [2.24, 2.45) is 5.92 Å². The number of carbonyl (C=O) groups excluding carboxylic acids is 1. The predicted octanol–water partition coefficient (Wildman–Crippen LogP) is 3.03. The first-order valence-corrected chi connectivity index (χ1v) is 7.66. The van der Waals surface area contributed by atoms with E-state index in [1.165, 1.54) is 0 Å². The van der Waals surface area contributed by atoms with E-state index in [-0.39, 0.29) is 12.3 Å². The van der Waals surface area contributed by atoms with Crippen molar-refractivity contribution < 1.29 is 19.0 Å². The molecule has 0 aliphatic heterocycles. The molecule has 1 atom stereocenters. The molecule has 0 saturated carbocycles. The molecule has 0 aliphatic carbocycles. The van der Waals surface area contributed by atoms with Crippen molar-refractivity contribution in [3.63, 3.8) is 0 Å². The zero-order valence-corrected chi connectivity index (χ0v) is 14.4. The first kappa shape index (κ1) is 18.1. The first-order chi connectivity index (χ1) is 12.1. The van der Waals surface area contributed by atoms with Crippen LogP contribution in [-0.4, -0.2) is 27.2 Å². The average molecular weight is 340 g/mol. The molecule has 1 amide bonds. The molecule has 0 aliphatic rings. The highest BCUT2D eigenvalue weighted by atomic mass is 16.5. The summed E-state index contributed by atoms with van der Waals surface area (Å²) in [5, 5.41) is 12.1. The SMILES string of the molecule is COc1ccc(NC(=O)C(C#N)Cc2ccc(OC)c(OC)c2)cc1. The molecule has 25 heavy (non-hydrogen) atoms. The lowest BCUT2D eigenvalue weighted by Gasteiger charge is -2.13. The Labute approximate surface area is 146 Å². The van der Waals surface area contributed by atoms with E-state index in [0.717, 1.165) is 5.56 Å². The Hall–Kier alpha value is -3.20. The van der Waals surface area contributed by atoms with Crippen LogP contribution in [0.4, 0.5) is 5.69 Å². The molecule has 1 unspecified atom stereocenters. The second kappa shape index (κ2) is 8.60. The zero-order valence-electron chi connectivity index (χ0n) is 14.4. The number of rotatable bonds is 7. The maximum absolute atomic E-state index is 12.4. The fraction of sp³-hybridized carbons (Fsp3) is 0.263. The van der Waals surface area contributed by atoms with Crippen LogP contribution in [0, 0.1) is 17.2 Å². The van der Waals surface area contributed by atoms with Crippen LogP contribution in [0.3, 0.4) is 0 Å². The highest BCUT2D eigenvalue weighted by Gasteiger charge is 2.19. The summed E-state index contributed by atoms with van der Waals surface area (Å²) in [4.78, 5) is 12.4. The Morgan fingerprint density at radius 2 is 1.72 bits per heavy atom. The second-order valence-corrected chi connectivity index (χ2v) is 5.29. The Bertz CT molecular complexity index is 766. The van der Waals surface area contributed by atoms with Crippen molar-refractivity contribution in [3.8, 4) is 23.3 Å². The lowest BCUT2D eigenvalue weighted by molar-refractivity contribution is -0.118. The molecular formula is C19H20N2O4. The number of nitrogens with zero attached hydrogens (tertiary/aromatic N) is 1. The van der Waals surface area contributed by atoms with Crippen LogP contribution < -0.4 is 19.5 Å². The summed E-state index contributed by atoms with van der Waals surface area (Å²) in [5.74, 6) is 0.678. The van der Waals surface area contributed by atoms with Gasteiger partial charge in [0.2, 0.25) is 5.91 Å².